The number of nitrogens with one attached hydrogen (secondary N) is 1. The molecule has 2 fully saturated rings. The van der Waals surface area contributed by atoms with Crippen LogP contribution >= 0.6 is 0 Å². The molecule has 2 aliphatic rings. The standard InChI is InChI=1S/C27H32N4O2/c1-16-10-11-18-20(14-16)29-23(19-8-6-7-9-21(19)32)30-24(18)31-13-12-17(15-31)28-25(33)22-26(2,3)27(22,4)5/h6-11,14,17,22,32H,12-13,15H2,1-5H3,(H,28,33)/t17-/m1/s1. The number of aryl methyl sites for hydroxylation is 1. The zero-order valence-corrected chi connectivity index (χ0v) is 20.0. The summed E-state index contributed by atoms with van der Waals surface area (Å²) in [5.74, 6) is 1.73. The lowest BCUT2D eigenvalue weighted by atomic mass is 10.0. The molecule has 3 aromatic rings. The third kappa shape index (κ3) is 3.52. The summed E-state index contributed by atoms with van der Waals surface area (Å²) in [6.07, 6.45) is 0.878. The number of phenols is 1. The van der Waals surface area contributed by atoms with Gasteiger partial charge in [0.1, 0.15) is 11.6 Å². The molecule has 0 radical (unpaired) electrons. The summed E-state index contributed by atoms with van der Waals surface area (Å²) >= 11 is 0. The number of phenolic OH excluding ortho intramolecular Hbond substituents is 1. The number of hydrogen-bond donors (Lipinski definition) is 2. The number of aromatic nitrogens is 2. The monoisotopic (exact) mass is 444 g/mol. The van der Waals surface area contributed by atoms with Crippen molar-refractivity contribution >= 4 is 22.6 Å². The first kappa shape index (κ1) is 21.7. The number of amides is 1. The van der Waals surface area contributed by atoms with Crippen molar-refractivity contribution < 1.29 is 9.90 Å². The number of nitrogens with zero attached hydrogens (tertiary/aromatic N) is 3. The second kappa shape index (κ2) is 7.44. The summed E-state index contributed by atoms with van der Waals surface area (Å²) in [6.45, 7) is 12.3. The summed E-state index contributed by atoms with van der Waals surface area (Å²) in [5, 5.41) is 14.7. The van der Waals surface area contributed by atoms with E-state index in [9.17, 15) is 9.90 Å². The van der Waals surface area contributed by atoms with Crippen molar-refractivity contribution in [3.8, 4) is 17.1 Å². The van der Waals surface area contributed by atoms with Crippen LogP contribution in [0, 0.1) is 23.7 Å². The Morgan fingerprint density at radius 1 is 1.09 bits per heavy atom. The molecule has 0 bridgehead atoms. The lowest BCUT2D eigenvalue weighted by molar-refractivity contribution is -0.124. The molecule has 2 N–H and O–H groups in total. The van der Waals surface area contributed by atoms with Gasteiger partial charge in [-0.1, -0.05) is 45.9 Å². The quantitative estimate of drug-likeness (QED) is 0.610. The minimum Gasteiger partial charge on any atom is -0.507 e. The Bertz CT molecular complexity index is 1240. The van der Waals surface area contributed by atoms with E-state index in [-0.39, 0.29) is 34.4 Å². The number of benzene rings is 2. The fraction of sp³-hybridized carbons (Fsp3) is 0.444. The van der Waals surface area contributed by atoms with Gasteiger partial charge in [0.05, 0.1) is 11.1 Å². The number of fused-ring (bicyclic) bond motifs is 1. The molecule has 1 saturated carbocycles. The van der Waals surface area contributed by atoms with Gasteiger partial charge in [0.15, 0.2) is 5.82 Å². The van der Waals surface area contributed by atoms with Gasteiger partial charge in [0.25, 0.3) is 0 Å². The van der Waals surface area contributed by atoms with Crippen molar-refractivity contribution in [1.29, 1.82) is 0 Å². The van der Waals surface area contributed by atoms with Gasteiger partial charge >= 0.3 is 0 Å². The second-order valence-electron chi connectivity index (χ2n) is 10.7. The minimum absolute atomic E-state index is 0.0304. The minimum atomic E-state index is 0.0304. The Morgan fingerprint density at radius 2 is 1.82 bits per heavy atom. The molecule has 1 atom stereocenters. The SMILES string of the molecule is Cc1ccc2c(N3CC[C@@H](NC(=O)C4C(C)(C)C4(C)C)C3)nc(-c3ccccc3O)nc2c1. The number of anilines is 1. The Kier molecular flexibility index (Phi) is 4.89. The lowest BCUT2D eigenvalue weighted by Crippen LogP contribution is -2.39. The second-order valence-corrected chi connectivity index (χ2v) is 10.7. The van der Waals surface area contributed by atoms with Crippen molar-refractivity contribution in [3.63, 3.8) is 0 Å². The zero-order valence-electron chi connectivity index (χ0n) is 20.0. The number of carbonyl (C=O) groups is 1. The normalized spacial score (nSPS) is 21.4. The van der Waals surface area contributed by atoms with Crippen LogP contribution in [-0.2, 0) is 4.79 Å². The first-order chi connectivity index (χ1) is 15.6. The smallest absolute Gasteiger partial charge is 0.224 e. The van der Waals surface area contributed by atoms with E-state index in [4.69, 9.17) is 9.97 Å². The molecule has 2 aromatic carbocycles. The van der Waals surface area contributed by atoms with Crippen LogP contribution < -0.4 is 10.2 Å². The van der Waals surface area contributed by atoms with Crippen molar-refractivity contribution in [2.24, 2.45) is 16.7 Å². The summed E-state index contributed by atoms with van der Waals surface area (Å²) in [7, 11) is 0. The molecule has 1 saturated heterocycles. The topological polar surface area (TPSA) is 78.4 Å². The van der Waals surface area contributed by atoms with Crippen LogP contribution in [0.4, 0.5) is 5.82 Å². The van der Waals surface area contributed by atoms with Crippen LogP contribution in [0.2, 0.25) is 0 Å². The Balaban J connectivity index is 1.44. The average Bonchev–Trinajstić information content (AvgIpc) is 3.04. The summed E-state index contributed by atoms with van der Waals surface area (Å²) in [6, 6.07) is 13.4. The molecule has 0 unspecified atom stereocenters. The highest BCUT2D eigenvalue weighted by atomic mass is 16.3. The number of carbonyl (C=O) groups excluding carboxylic acids is 1. The molecule has 1 aliphatic carbocycles. The summed E-state index contributed by atoms with van der Waals surface area (Å²) < 4.78 is 0. The van der Waals surface area contributed by atoms with Gasteiger partial charge in [-0.3, -0.25) is 4.79 Å². The highest BCUT2D eigenvalue weighted by Gasteiger charge is 2.68. The third-order valence-corrected chi connectivity index (χ3v) is 8.09. The molecule has 33 heavy (non-hydrogen) atoms. The lowest BCUT2D eigenvalue weighted by Gasteiger charge is -2.21. The molecule has 1 aromatic heterocycles. The highest BCUT2D eigenvalue weighted by molar-refractivity contribution is 5.92. The van der Waals surface area contributed by atoms with Crippen molar-refractivity contribution in [2.75, 3.05) is 18.0 Å². The average molecular weight is 445 g/mol. The fourth-order valence-corrected chi connectivity index (χ4v) is 5.45. The van der Waals surface area contributed by atoms with E-state index in [1.165, 1.54) is 0 Å². The van der Waals surface area contributed by atoms with E-state index < -0.39 is 0 Å². The van der Waals surface area contributed by atoms with Crippen LogP contribution in [0.3, 0.4) is 0 Å². The Morgan fingerprint density at radius 3 is 2.52 bits per heavy atom. The third-order valence-electron chi connectivity index (χ3n) is 8.09. The van der Waals surface area contributed by atoms with E-state index in [1.807, 2.05) is 19.1 Å². The summed E-state index contributed by atoms with van der Waals surface area (Å²) in [4.78, 5) is 24.9. The van der Waals surface area contributed by atoms with E-state index >= 15 is 0 Å². The van der Waals surface area contributed by atoms with Crippen LogP contribution in [0.25, 0.3) is 22.3 Å². The van der Waals surface area contributed by atoms with Crippen molar-refractivity contribution in [1.82, 2.24) is 15.3 Å². The van der Waals surface area contributed by atoms with Gasteiger partial charge in [-0.05, 0) is 54.0 Å². The number of hydrogen-bond acceptors (Lipinski definition) is 5. The van der Waals surface area contributed by atoms with Gasteiger partial charge in [-0.15, -0.1) is 0 Å². The molecule has 1 aliphatic heterocycles. The zero-order chi connectivity index (χ0) is 23.5. The molecule has 5 rings (SSSR count). The predicted octanol–water partition coefficient (Wildman–Crippen LogP) is 4.69. The van der Waals surface area contributed by atoms with Gasteiger partial charge in [0.2, 0.25) is 5.91 Å². The number of rotatable bonds is 4. The molecular weight excluding hydrogens is 412 g/mol. The van der Waals surface area contributed by atoms with Crippen LogP contribution in [0.1, 0.15) is 39.7 Å². The summed E-state index contributed by atoms with van der Waals surface area (Å²) in [5.41, 5.74) is 2.65. The van der Waals surface area contributed by atoms with Crippen LogP contribution in [-0.4, -0.2) is 40.1 Å². The fourth-order valence-electron chi connectivity index (χ4n) is 5.45. The molecule has 0 spiro atoms. The van der Waals surface area contributed by atoms with Gasteiger partial charge in [0, 0.05) is 30.4 Å². The maximum absolute atomic E-state index is 13.0. The van der Waals surface area contributed by atoms with Gasteiger partial charge in [-0.25, -0.2) is 9.97 Å². The van der Waals surface area contributed by atoms with E-state index in [1.54, 1.807) is 12.1 Å². The molecule has 2 heterocycles. The van der Waals surface area contributed by atoms with E-state index in [0.717, 1.165) is 35.2 Å². The molecule has 6 nitrogen and oxygen atoms in total. The van der Waals surface area contributed by atoms with E-state index in [0.29, 0.717) is 17.9 Å². The van der Waals surface area contributed by atoms with E-state index in [2.05, 4.69) is 56.1 Å². The van der Waals surface area contributed by atoms with Gasteiger partial charge < -0.3 is 15.3 Å². The molecule has 6 heteroatoms. The van der Waals surface area contributed by atoms with Crippen molar-refractivity contribution in [2.45, 2.75) is 47.1 Å². The first-order valence-corrected chi connectivity index (χ1v) is 11.7. The largest absolute Gasteiger partial charge is 0.507 e. The molecule has 1 amide bonds. The van der Waals surface area contributed by atoms with Crippen LogP contribution in [0.5, 0.6) is 5.75 Å². The number of para-hydroxylation sites is 1. The Hall–Kier alpha value is -3.15. The predicted molar refractivity (Wildman–Crippen MR) is 131 cm³/mol. The Labute approximate surface area is 195 Å². The molecular formula is C27H32N4O2. The first-order valence-electron chi connectivity index (χ1n) is 11.7. The maximum Gasteiger partial charge on any atom is 0.224 e. The maximum atomic E-state index is 13.0. The number of aromatic hydroxyl groups is 1. The highest BCUT2D eigenvalue weighted by Crippen LogP contribution is 2.68. The van der Waals surface area contributed by atoms with Gasteiger partial charge in [-0.2, -0.15) is 0 Å². The van der Waals surface area contributed by atoms with Crippen molar-refractivity contribution in [3.05, 3.63) is 48.0 Å². The van der Waals surface area contributed by atoms with Crippen LogP contribution in [0.15, 0.2) is 42.5 Å². The molecule has 172 valence electrons.